The maximum absolute atomic E-state index is 8.98. The highest BCUT2D eigenvalue weighted by atomic mass is 16.5. The van der Waals surface area contributed by atoms with Crippen molar-refractivity contribution in [2.75, 3.05) is 0 Å². The predicted octanol–water partition coefficient (Wildman–Crippen LogP) is 1.34. The van der Waals surface area contributed by atoms with Gasteiger partial charge in [0.1, 0.15) is 0 Å². The Kier molecular flexibility index (Phi) is 2.11. The van der Waals surface area contributed by atoms with Crippen LogP contribution in [-0.4, -0.2) is 17.3 Å². The first-order valence-corrected chi connectivity index (χ1v) is 4.20. The molecule has 0 aromatic heterocycles. The first kappa shape index (κ1) is 7.77. The van der Waals surface area contributed by atoms with Crippen LogP contribution >= 0.6 is 0 Å². The molecule has 2 rings (SSSR count). The minimum absolute atomic E-state index is 0.0882. The summed E-state index contributed by atoms with van der Waals surface area (Å²) in [6.45, 7) is 0.614. The Morgan fingerprint density at radius 2 is 2.00 bits per heavy atom. The minimum Gasteiger partial charge on any atom is -0.390 e. The van der Waals surface area contributed by atoms with Crippen molar-refractivity contribution in [1.82, 2.24) is 0 Å². The van der Waals surface area contributed by atoms with Gasteiger partial charge in [-0.1, -0.05) is 30.3 Å². The molecule has 0 amide bonds. The molecule has 1 aliphatic carbocycles. The minimum atomic E-state index is -0.214. The van der Waals surface area contributed by atoms with Gasteiger partial charge in [-0.2, -0.15) is 0 Å². The van der Waals surface area contributed by atoms with Gasteiger partial charge < -0.3 is 9.84 Å². The summed E-state index contributed by atoms with van der Waals surface area (Å²) >= 11 is 0. The van der Waals surface area contributed by atoms with Crippen LogP contribution in [0.25, 0.3) is 0 Å². The number of aliphatic hydroxyl groups is 1. The molecule has 2 nitrogen and oxygen atoms in total. The fourth-order valence-electron chi connectivity index (χ4n) is 1.12. The second kappa shape index (κ2) is 3.25. The van der Waals surface area contributed by atoms with Crippen molar-refractivity contribution < 1.29 is 9.84 Å². The normalized spacial score (nSPS) is 27.1. The number of hydrogen-bond donors (Lipinski definition) is 1. The monoisotopic (exact) mass is 164 g/mol. The number of hydrogen-bond acceptors (Lipinski definition) is 2. The second-order valence-electron chi connectivity index (χ2n) is 3.14. The van der Waals surface area contributed by atoms with Gasteiger partial charge in [-0.05, 0) is 5.56 Å². The molecule has 0 heterocycles. The molecule has 1 aromatic carbocycles. The van der Waals surface area contributed by atoms with Crippen molar-refractivity contribution in [3.8, 4) is 0 Å². The summed E-state index contributed by atoms with van der Waals surface area (Å²) in [6.07, 6.45) is 0.672. The van der Waals surface area contributed by atoms with Gasteiger partial charge in [0.2, 0.25) is 0 Å². The van der Waals surface area contributed by atoms with Crippen LogP contribution in [0.15, 0.2) is 30.3 Å². The van der Waals surface area contributed by atoms with E-state index in [0.29, 0.717) is 6.61 Å². The van der Waals surface area contributed by atoms with Crippen molar-refractivity contribution in [1.29, 1.82) is 0 Å². The standard InChI is InChI=1S/C10H12O2/c11-9-6-10(9)12-7-8-4-2-1-3-5-8/h1-5,9-11H,6-7H2/t9-,10?/m1/s1. The second-order valence-corrected chi connectivity index (χ2v) is 3.14. The van der Waals surface area contributed by atoms with Crippen molar-refractivity contribution in [3.05, 3.63) is 35.9 Å². The van der Waals surface area contributed by atoms with Crippen LogP contribution in [0.3, 0.4) is 0 Å². The van der Waals surface area contributed by atoms with Crippen molar-refractivity contribution >= 4 is 0 Å². The molecule has 0 spiro atoms. The highest BCUT2D eigenvalue weighted by molar-refractivity contribution is 5.13. The first-order valence-electron chi connectivity index (χ1n) is 4.20. The molecule has 64 valence electrons. The van der Waals surface area contributed by atoms with Crippen molar-refractivity contribution in [3.63, 3.8) is 0 Å². The van der Waals surface area contributed by atoms with Crippen molar-refractivity contribution in [2.24, 2.45) is 0 Å². The highest BCUT2D eigenvalue weighted by Crippen LogP contribution is 2.25. The van der Waals surface area contributed by atoms with E-state index in [1.165, 1.54) is 0 Å². The lowest BCUT2D eigenvalue weighted by Crippen LogP contribution is -1.99. The van der Waals surface area contributed by atoms with Crippen LogP contribution in [0, 0.1) is 0 Å². The number of ether oxygens (including phenoxy) is 1. The molecule has 2 heteroatoms. The van der Waals surface area contributed by atoms with E-state index >= 15 is 0 Å². The quantitative estimate of drug-likeness (QED) is 0.730. The lowest BCUT2D eigenvalue weighted by Gasteiger charge is -2.01. The molecule has 0 radical (unpaired) electrons. The molecule has 1 N–H and O–H groups in total. The van der Waals surface area contributed by atoms with E-state index < -0.39 is 0 Å². The molecule has 0 bridgehead atoms. The topological polar surface area (TPSA) is 29.5 Å². The van der Waals surface area contributed by atoms with E-state index in [9.17, 15) is 0 Å². The van der Waals surface area contributed by atoms with Gasteiger partial charge in [-0.3, -0.25) is 0 Å². The summed E-state index contributed by atoms with van der Waals surface area (Å²) in [5.74, 6) is 0. The molecule has 1 fully saturated rings. The zero-order valence-electron chi connectivity index (χ0n) is 6.81. The van der Waals surface area contributed by atoms with Gasteiger partial charge in [0.05, 0.1) is 18.8 Å². The maximum atomic E-state index is 8.98. The third kappa shape index (κ3) is 1.84. The average Bonchev–Trinajstić information content (AvgIpc) is 2.81. The SMILES string of the molecule is O[C@@H]1CC1OCc1ccccc1. The van der Waals surface area contributed by atoms with Crippen LogP contribution in [0.5, 0.6) is 0 Å². The van der Waals surface area contributed by atoms with Gasteiger partial charge in [0.25, 0.3) is 0 Å². The lowest BCUT2D eigenvalue weighted by atomic mass is 10.2. The molecule has 1 aromatic rings. The fraction of sp³-hybridized carbons (Fsp3) is 0.400. The van der Waals surface area contributed by atoms with Crippen molar-refractivity contribution in [2.45, 2.75) is 25.2 Å². The van der Waals surface area contributed by atoms with Gasteiger partial charge in [0, 0.05) is 6.42 Å². The molecular formula is C10H12O2. The Morgan fingerprint density at radius 1 is 1.33 bits per heavy atom. The van der Waals surface area contributed by atoms with Gasteiger partial charge >= 0.3 is 0 Å². The summed E-state index contributed by atoms with van der Waals surface area (Å²) in [4.78, 5) is 0. The largest absolute Gasteiger partial charge is 0.390 e. The molecule has 12 heavy (non-hydrogen) atoms. The summed E-state index contributed by atoms with van der Waals surface area (Å²) in [7, 11) is 0. The van der Waals surface area contributed by atoms with E-state index in [0.717, 1.165) is 12.0 Å². The van der Waals surface area contributed by atoms with Crippen LogP contribution in [-0.2, 0) is 11.3 Å². The Bertz CT molecular complexity index is 245. The highest BCUT2D eigenvalue weighted by Gasteiger charge is 2.36. The molecule has 1 unspecified atom stereocenters. The molecule has 0 saturated heterocycles. The maximum Gasteiger partial charge on any atom is 0.0865 e. The molecule has 1 aliphatic rings. The summed E-state index contributed by atoms with van der Waals surface area (Å²) < 4.78 is 5.40. The predicted molar refractivity (Wildman–Crippen MR) is 45.6 cm³/mol. The van der Waals surface area contributed by atoms with Gasteiger partial charge in [0.15, 0.2) is 0 Å². The first-order chi connectivity index (χ1) is 5.86. The summed E-state index contributed by atoms with van der Waals surface area (Å²) in [5, 5.41) is 8.98. The third-order valence-corrected chi connectivity index (χ3v) is 2.01. The van der Waals surface area contributed by atoms with Crippen LogP contribution < -0.4 is 0 Å². The summed E-state index contributed by atoms with van der Waals surface area (Å²) in [5.41, 5.74) is 1.16. The number of rotatable bonds is 3. The average molecular weight is 164 g/mol. The van der Waals surface area contributed by atoms with Gasteiger partial charge in [-0.25, -0.2) is 0 Å². The van der Waals surface area contributed by atoms with Crippen LogP contribution in [0.1, 0.15) is 12.0 Å². The molecular weight excluding hydrogens is 152 g/mol. The lowest BCUT2D eigenvalue weighted by molar-refractivity contribution is 0.0715. The van der Waals surface area contributed by atoms with E-state index in [1.54, 1.807) is 0 Å². The van der Waals surface area contributed by atoms with E-state index in [1.807, 2.05) is 30.3 Å². The summed E-state index contributed by atoms with van der Waals surface area (Å²) in [6, 6.07) is 10.0. The number of aliphatic hydroxyl groups excluding tert-OH is 1. The van der Waals surface area contributed by atoms with E-state index in [4.69, 9.17) is 9.84 Å². The molecule has 0 aliphatic heterocycles. The zero-order chi connectivity index (χ0) is 8.39. The third-order valence-electron chi connectivity index (χ3n) is 2.01. The van der Waals surface area contributed by atoms with Crippen LogP contribution in [0.4, 0.5) is 0 Å². The Labute approximate surface area is 71.8 Å². The Hall–Kier alpha value is -0.860. The molecule has 2 atom stereocenters. The molecule has 1 saturated carbocycles. The smallest absolute Gasteiger partial charge is 0.0865 e. The van der Waals surface area contributed by atoms with E-state index in [-0.39, 0.29) is 12.2 Å². The Morgan fingerprint density at radius 3 is 2.58 bits per heavy atom. The fourth-order valence-corrected chi connectivity index (χ4v) is 1.12. The van der Waals surface area contributed by atoms with Crippen LogP contribution in [0.2, 0.25) is 0 Å². The zero-order valence-corrected chi connectivity index (χ0v) is 6.81. The van der Waals surface area contributed by atoms with E-state index in [2.05, 4.69) is 0 Å². The number of benzene rings is 1. The van der Waals surface area contributed by atoms with Gasteiger partial charge in [-0.15, -0.1) is 0 Å². The Balaban J connectivity index is 1.80.